The number of carbonyl (C=O) groups is 1. The lowest BCUT2D eigenvalue weighted by Gasteiger charge is -2.14. The van der Waals surface area contributed by atoms with Gasteiger partial charge in [-0.1, -0.05) is 6.92 Å². The molecular formula is C13H16F3NO3. The molecule has 0 aliphatic heterocycles. The van der Waals surface area contributed by atoms with Gasteiger partial charge in [-0.05, 0) is 31.0 Å². The zero-order valence-electron chi connectivity index (χ0n) is 10.9. The second kappa shape index (κ2) is 6.60. The number of hydrogen-bond acceptors (Lipinski definition) is 3. The van der Waals surface area contributed by atoms with Crippen LogP contribution in [-0.2, 0) is 6.18 Å². The van der Waals surface area contributed by atoms with Gasteiger partial charge in [0.25, 0.3) is 0 Å². The van der Waals surface area contributed by atoms with Crippen LogP contribution in [-0.4, -0.2) is 28.8 Å². The molecule has 1 aromatic rings. The Morgan fingerprint density at radius 1 is 1.40 bits per heavy atom. The molecule has 7 heteroatoms. The quantitative estimate of drug-likeness (QED) is 0.753. The lowest BCUT2D eigenvalue weighted by Crippen LogP contribution is -2.15. The third-order valence-electron chi connectivity index (χ3n) is 2.84. The van der Waals surface area contributed by atoms with Crippen molar-refractivity contribution in [2.75, 3.05) is 11.9 Å². The van der Waals surface area contributed by atoms with Gasteiger partial charge in [-0.3, -0.25) is 0 Å². The van der Waals surface area contributed by atoms with Crippen molar-refractivity contribution in [3.8, 4) is 0 Å². The van der Waals surface area contributed by atoms with Gasteiger partial charge in [0.05, 0.1) is 17.2 Å². The first-order valence-corrected chi connectivity index (χ1v) is 6.12. The van der Waals surface area contributed by atoms with Crippen molar-refractivity contribution in [3.05, 3.63) is 29.3 Å². The number of aromatic carboxylic acids is 1. The molecule has 0 aliphatic carbocycles. The van der Waals surface area contributed by atoms with Gasteiger partial charge in [-0.2, -0.15) is 13.2 Å². The molecule has 1 atom stereocenters. The standard InChI is InChI=1S/C13H16F3NO3/c1-2-9(18)5-6-17-11-4-3-8(13(14,15)16)7-10(11)12(19)20/h3-4,7,9,17-18H,2,5-6H2,1H3,(H,19,20). The summed E-state index contributed by atoms with van der Waals surface area (Å²) in [6.45, 7) is 2.08. The SMILES string of the molecule is CCC(O)CCNc1ccc(C(F)(F)F)cc1C(=O)O. The summed E-state index contributed by atoms with van der Waals surface area (Å²) in [5.41, 5.74) is -1.34. The van der Waals surface area contributed by atoms with Crippen LogP contribution in [0, 0.1) is 0 Å². The van der Waals surface area contributed by atoms with E-state index in [1.807, 2.05) is 0 Å². The highest BCUT2D eigenvalue weighted by Crippen LogP contribution is 2.31. The molecule has 0 spiro atoms. The molecule has 0 fully saturated rings. The molecule has 3 N–H and O–H groups in total. The molecule has 0 amide bonds. The molecule has 0 heterocycles. The summed E-state index contributed by atoms with van der Waals surface area (Å²) in [6.07, 6.45) is -4.16. The third-order valence-corrected chi connectivity index (χ3v) is 2.84. The van der Waals surface area contributed by atoms with Crippen molar-refractivity contribution in [2.24, 2.45) is 0 Å². The number of benzene rings is 1. The zero-order valence-corrected chi connectivity index (χ0v) is 10.9. The predicted octanol–water partition coefficient (Wildman–Crippen LogP) is 2.98. The zero-order chi connectivity index (χ0) is 15.3. The largest absolute Gasteiger partial charge is 0.478 e. The molecule has 1 aromatic carbocycles. The molecule has 4 nitrogen and oxygen atoms in total. The maximum atomic E-state index is 12.5. The molecule has 0 bridgehead atoms. The number of nitrogens with one attached hydrogen (secondary N) is 1. The first-order valence-electron chi connectivity index (χ1n) is 6.12. The van der Waals surface area contributed by atoms with Gasteiger partial charge < -0.3 is 15.5 Å². The van der Waals surface area contributed by atoms with E-state index in [0.717, 1.165) is 12.1 Å². The van der Waals surface area contributed by atoms with Gasteiger partial charge in [0.15, 0.2) is 0 Å². The number of carboxylic acids is 1. The van der Waals surface area contributed by atoms with Crippen LogP contribution in [0.15, 0.2) is 18.2 Å². The summed E-state index contributed by atoms with van der Waals surface area (Å²) in [5.74, 6) is -1.44. The van der Waals surface area contributed by atoms with E-state index in [1.54, 1.807) is 6.92 Å². The first kappa shape index (κ1) is 16.3. The Morgan fingerprint density at radius 2 is 2.05 bits per heavy atom. The van der Waals surface area contributed by atoms with Crippen LogP contribution in [0.1, 0.15) is 35.7 Å². The van der Waals surface area contributed by atoms with E-state index in [1.165, 1.54) is 0 Å². The summed E-state index contributed by atoms with van der Waals surface area (Å²) in [5, 5.41) is 21.0. The number of anilines is 1. The number of aliphatic hydroxyl groups is 1. The lowest BCUT2D eigenvalue weighted by atomic mass is 10.1. The van der Waals surface area contributed by atoms with E-state index in [4.69, 9.17) is 5.11 Å². The smallest absolute Gasteiger partial charge is 0.416 e. The van der Waals surface area contributed by atoms with Gasteiger partial charge in [0.2, 0.25) is 0 Å². The minimum absolute atomic E-state index is 0.105. The van der Waals surface area contributed by atoms with Crippen molar-refractivity contribution in [1.29, 1.82) is 0 Å². The van der Waals surface area contributed by atoms with E-state index >= 15 is 0 Å². The Balaban J connectivity index is 2.88. The van der Waals surface area contributed by atoms with Gasteiger partial charge in [-0.25, -0.2) is 4.79 Å². The maximum Gasteiger partial charge on any atom is 0.416 e. The Morgan fingerprint density at radius 3 is 2.55 bits per heavy atom. The van der Waals surface area contributed by atoms with Crippen LogP contribution in [0.2, 0.25) is 0 Å². The predicted molar refractivity (Wildman–Crippen MR) is 67.8 cm³/mol. The number of hydrogen-bond donors (Lipinski definition) is 3. The second-order valence-electron chi connectivity index (χ2n) is 4.34. The van der Waals surface area contributed by atoms with Crippen LogP contribution in [0.25, 0.3) is 0 Å². The Bertz CT molecular complexity index is 474. The number of aliphatic hydroxyl groups excluding tert-OH is 1. The van der Waals surface area contributed by atoms with Gasteiger partial charge in [-0.15, -0.1) is 0 Å². The second-order valence-corrected chi connectivity index (χ2v) is 4.34. The number of alkyl halides is 3. The van der Waals surface area contributed by atoms with Gasteiger partial charge >= 0.3 is 12.1 Å². The Labute approximate surface area is 114 Å². The average molecular weight is 291 g/mol. The van der Waals surface area contributed by atoms with E-state index in [0.29, 0.717) is 18.9 Å². The van der Waals surface area contributed by atoms with E-state index in [2.05, 4.69) is 5.32 Å². The minimum atomic E-state index is -4.58. The van der Waals surface area contributed by atoms with Crippen LogP contribution in [0.4, 0.5) is 18.9 Å². The summed E-state index contributed by atoms with van der Waals surface area (Å²) in [6, 6.07) is 2.51. The van der Waals surface area contributed by atoms with Crippen molar-refractivity contribution in [1.82, 2.24) is 0 Å². The van der Waals surface area contributed by atoms with Crippen LogP contribution in [0.3, 0.4) is 0 Å². The highest BCUT2D eigenvalue weighted by molar-refractivity contribution is 5.94. The lowest BCUT2D eigenvalue weighted by molar-refractivity contribution is -0.137. The summed E-state index contributed by atoms with van der Waals surface area (Å²) in [4.78, 5) is 11.0. The topological polar surface area (TPSA) is 69.6 Å². The molecule has 0 aliphatic rings. The molecule has 1 unspecified atom stereocenters. The maximum absolute atomic E-state index is 12.5. The van der Waals surface area contributed by atoms with E-state index < -0.39 is 29.4 Å². The monoisotopic (exact) mass is 291 g/mol. The van der Waals surface area contributed by atoms with Crippen molar-refractivity contribution >= 4 is 11.7 Å². The number of halogens is 3. The number of rotatable bonds is 6. The summed E-state index contributed by atoms with van der Waals surface area (Å²) >= 11 is 0. The van der Waals surface area contributed by atoms with E-state index in [-0.39, 0.29) is 12.2 Å². The fourth-order valence-electron chi connectivity index (χ4n) is 1.63. The molecule has 112 valence electrons. The molecular weight excluding hydrogens is 275 g/mol. The molecule has 0 saturated carbocycles. The van der Waals surface area contributed by atoms with Crippen LogP contribution in [0.5, 0.6) is 0 Å². The van der Waals surface area contributed by atoms with Crippen molar-refractivity contribution in [3.63, 3.8) is 0 Å². The van der Waals surface area contributed by atoms with Crippen molar-refractivity contribution in [2.45, 2.75) is 32.0 Å². The molecule has 0 aromatic heterocycles. The fraction of sp³-hybridized carbons (Fsp3) is 0.462. The van der Waals surface area contributed by atoms with E-state index in [9.17, 15) is 23.1 Å². The Hall–Kier alpha value is -1.76. The highest BCUT2D eigenvalue weighted by Gasteiger charge is 2.31. The van der Waals surface area contributed by atoms with Crippen molar-refractivity contribution < 1.29 is 28.2 Å². The third kappa shape index (κ3) is 4.41. The average Bonchev–Trinajstić information content (AvgIpc) is 2.37. The summed E-state index contributed by atoms with van der Waals surface area (Å²) < 4.78 is 37.6. The molecule has 0 saturated heterocycles. The van der Waals surface area contributed by atoms with Gasteiger partial charge in [0, 0.05) is 12.2 Å². The highest BCUT2D eigenvalue weighted by atomic mass is 19.4. The molecule has 1 rings (SSSR count). The molecule has 0 radical (unpaired) electrons. The first-order chi connectivity index (χ1) is 9.25. The fourth-order valence-corrected chi connectivity index (χ4v) is 1.63. The Kier molecular flexibility index (Phi) is 5.38. The van der Waals surface area contributed by atoms with Crippen LogP contribution >= 0.6 is 0 Å². The molecule has 20 heavy (non-hydrogen) atoms. The van der Waals surface area contributed by atoms with Gasteiger partial charge in [0.1, 0.15) is 0 Å². The minimum Gasteiger partial charge on any atom is -0.478 e. The number of carboxylic acid groups (broad SMARTS) is 1. The van der Waals surface area contributed by atoms with Crippen LogP contribution < -0.4 is 5.32 Å². The normalized spacial score (nSPS) is 13.1. The summed E-state index contributed by atoms with van der Waals surface area (Å²) in [7, 11) is 0.